The number of benzene rings is 2. The Kier molecular flexibility index (Phi) is 5.89. The molecule has 2 heterocycles. The minimum atomic E-state index is -0.318. The molecule has 10 heteroatoms. The zero-order valence-corrected chi connectivity index (χ0v) is 17.4. The fourth-order valence-corrected chi connectivity index (χ4v) is 3.39. The molecular weight excluding hydrogens is 437 g/mol. The average Bonchev–Trinajstić information content (AvgIpc) is 3.26. The van der Waals surface area contributed by atoms with Gasteiger partial charge in [-0.25, -0.2) is 0 Å². The minimum Gasteiger partial charge on any atom is -0.302 e. The average molecular weight is 450 g/mol. The topological polar surface area (TPSA) is 101 Å². The highest BCUT2D eigenvalue weighted by molar-refractivity contribution is 6.35. The Bertz CT molecular complexity index is 1250. The SMILES string of the molecule is N#Cc1ccc(-n2ncc(CN(C(=O)c3ccnnc3)c3cc(Cl)cc(Cl)c3)n2)cc1. The number of anilines is 1. The van der Waals surface area contributed by atoms with Crippen LogP contribution in [-0.4, -0.2) is 31.1 Å². The maximum Gasteiger partial charge on any atom is 0.260 e. The van der Waals surface area contributed by atoms with Crippen molar-refractivity contribution in [3.8, 4) is 11.8 Å². The Morgan fingerprint density at radius 2 is 1.77 bits per heavy atom. The molecule has 0 aliphatic carbocycles. The number of hydrogen-bond acceptors (Lipinski definition) is 6. The molecule has 2 aromatic carbocycles. The third kappa shape index (κ3) is 4.69. The maximum absolute atomic E-state index is 13.2. The third-order valence-electron chi connectivity index (χ3n) is 4.32. The summed E-state index contributed by atoms with van der Waals surface area (Å²) in [6, 6.07) is 15.4. The Hall–Kier alpha value is -3.80. The number of halogens is 2. The zero-order chi connectivity index (χ0) is 21.8. The van der Waals surface area contributed by atoms with E-state index in [-0.39, 0.29) is 12.5 Å². The first-order valence-corrected chi connectivity index (χ1v) is 9.75. The highest BCUT2D eigenvalue weighted by atomic mass is 35.5. The van der Waals surface area contributed by atoms with Crippen molar-refractivity contribution in [3.63, 3.8) is 0 Å². The fraction of sp³-hybridized carbons (Fsp3) is 0.0476. The summed E-state index contributed by atoms with van der Waals surface area (Å²) in [4.78, 5) is 16.1. The molecule has 8 nitrogen and oxygen atoms in total. The highest BCUT2D eigenvalue weighted by Crippen LogP contribution is 2.27. The second kappa shape index (κ2) is 8.92. The van der Waals surface area contributed by atoms with Gasteiger partial charge in [0.2, 0.25) is 0 Å². The normalized spacial score (nSPS) is 10.5. The molecule has 0 atom stereocenters. The van der Waals surface area contributed by atoms with Crippen molar-refractivity contribution in [3.05, 3.63) is 94.0 Å². The number of amides is 1. The molecule has 0 fully saturated rings. The standard InChI is InChI=1S/C21H13Cl2N7O/c22-16-7-17(23)9-20(8-16)29(21(31)15-5-6-25-26-11-15)13-18-12-27-30(28-18)19-3-1-14(10-24)2-4-19/h1-9,11-12H,13H2. The number of rotatable bonds is 5. The summed E-state index contributed by atoms with van der Waals surface area (Å²) in [5.74, 6) is -0.318. The fourth-order valence-electron chi connectivity index (χ4n) is 2.87. The van der Waals surface area contributed by atoms with Crippen LogP contribution in [0.25, 0.3) is 5.69 Å². The number of nitrogens with zero attached hydrogens (tertiary/aromatic N) is 7. The lowest BCUT2D eigenvalue weighted by Gasteiger charge is -2.22. The molecule has 0 aliphatic rings. The van der Waals surface area contributed by atoms with Crippen LogP contribution in [0.15, 0.2) is 67.1 Å². The van der Waals surface area contributed by atoms with E-state index in [9.17, 15) is 4.79 Å². The monoisotopic (exact) mass is 449 g/mol. The third-order valence-corrected chi connectivity index (χ3v) is 4.76. The van der Waals surface area contributed by atoms with Crippen molar-refractivity contribution in [1.29, 1.82) is 5.26 Å². The minimum absolute atomic E-state index is 0.119. The van der Waals surface area contributed by atoms with E-state index in [0.717, 1.165) is 0 Å². The lowest BCUT2D eigenvalue weighted by atomic mass is 10.2. The molecule has 2 aromatic heterocycles. The van der Waals surface area contributed by atoms with Crippen LogP contribution in [0.5, 0.6) is 0 Å². The van der Waals surface area contributed by atoms with Crippen molar-refractivity contribution < 1.29 is 4.79 Å². The number of carbonyl (C=O) groups is 1. The van der Waals surface area contributed by atoms with Crippen LogP contribution in [0.4, 0.5) is 5.69 Å². The van der Waals surface area contributed by atoms with Gasteiger partial charge in [0.1, 0.15) is 5.69 Å². The summed E-state index contributed by atoms with van der Waals surface area (Å²) in [6.45, 7) is 0.119. The molecule has 0 radical (unpaired) electrons. The number of carbonyl (C=O) groups excluding carboxylic acids is 1. The second-order valence-corrected chi connectivity index (χ2v) is 7.31. The van der Waals surface area contributed by atoms with Crippen molar-refractivity contribution in [2.75, 3.05) is 4.90 Å². The van der Waals surface area contributed by atoms with Gasteiger partial charge in [-0.15, -0.1) is 0 Å². The summed E-state index contributed by atoms with van der Waals surface area (Å²) in [5, 5.41) is 26.0. The zero-order valence-electron chi connectivity index (χ0n) is 15.9. The molecule has 31 heavy (non-hydrogen) atoms. The van der Waals surface area contributed by atoms with Crippen LogP contribution in [0.3, 0.4) is 0 Å². The molecule has 4 aromatic rings. The smallest absolute Gasteiger partial charge is 0.260 e. The number of aromatic nitrogens is 5. The molecular formula is C21H13Cl2N7O. The van der Waals surface area contributed by atoms with Crippen molar-refractivity contribution in [2.45, 2.75) is 6.54 Å². The van der Waals surface area contributed by atoms with Crippen molar-refractivity contribution >= 4 is 34.8 Å². The van der Waals surface area contributed by atoms with E-state index in [0.29, 0.717) is 38.2 Å². The lowest BCUT2D eigenvalue weighted by molar-refractivity contribution is 0.0984. The molecule has 0 bridgehead atoms. The van der Waals surface area contributed by atoms with Crippen LogP contribution in [-0.2, 0) is 6.54 Å². The Morgan fingerprint density at radius 1 is 1.03 bits per heavy atom. The molecule has 0 N–H and O–H groups in total. The van der Waals surface area contributed by atoms with E-state index in [1.54, 1.807) is 54.7 Å². The Labute approximate surface area is 187 Å². The van der Waals surface area contributed by atoms with Gasteiger partial charge in [-0.2, -0.15) is 30.5 Å². The van der Waals surface area contributed by atoms with Gasteiger partial charge in [0.25, 0.3) is 5.91 Å². The second-order valence-electron chi connectivity index (χ2n) is 6.43. The van der Waals surface area contributed by atoms with Gasteiger partial charge in [-0.1, -0.05) is 23.2 Å². The molecule has 0 unspecified atom stereocenters. The quantitative estimate of drug-likeness (QED) is 0.454. The predicted molar refractivity (Wildman–Crippen MR) is 115 cm³/mol. The van der Waals surface area contributed by atoms with Crippen LogP contribution < -0.4 is 4.90 Å². The van der Waals surface area contributed by atoms with E-state index in [1.165, 1.54) is 22.1 Å². The molecule has 0 aliphatic heterocycles. The summed E-state index contributed by atoms with van der Waals surface area (Å²) in [7, 11) is 0. The maximum atomic E-state index is 13.2. The van der Waals surface area contributed by atoms with Crippen molar-refractivity contribution in [2.24, 2.45) is 0 Å². The molecule has 0 spiro atoms. The summed E-state index contributed by atoms with van der Waals surface area (Å²) >= 11 is 12.3. The molecule has 0 saturated carbocycles. The summed E-state index contributed by atoms with van der Waals surface area (Å²) in [6.07, 6.45) is 4.39. The van der Waals surface area contributed by atoms with E-state index >= 15 is 0 Å². The van der Waals surface area contributed by atoms with Gasteiger partial charge in [0.15, 0.2) is 0 Å². The van der Waals surface area contributed by atoms with Crippen LogP contribution >= 0.6 is 23.2 Å². The molecule has 4 rings (SSSR count). The van der Waals surface area contributed by atoms with E-state index in [2.05, 4.69) is 26.5 Å². The first-order valence-electron chi connectivity index (χ1n) is 9.00. The van der Waals surface area contributed by atoms with Gasteiger partial charge in [-0.3, -0.25) is 4.79 Å². The lowest BCUT2D eigenvalue weighted by Crippen LogP contribution is -2.30. The Balaban J connectivity index is 1.67. The van der Waals surface area contributed by atoms with E-state index < -0.39 is 0 Å². The van der Waals surface area contributed by atoms with Gasteiger partial charge in [-0.05, 0) is 48.5 Å². The van der Waals surface area contributed by atoms with Crippen LogP contribution in [0, 0.1) is 11.3 Å². The largest absolute Gasteiger partial charge is 0.302 e. The number of hydrogen-bond donors (Lipinski definition) is 0. The summed E-state index contributed by atoms with van der Waals surface area (Å²) < 4.78 is 0. The van der Waals surface area contributed by atoms with E-state index in [4.69, 9.17) is 28.5 Å². The van der Waals surface area contributed by atoms with Crippen LogP contribution in [0.2, 0.25) is 10.0 Å². The highest BCUT2D eigenvalue weighted by Gasteiger charge is 2.21. The van der Waals surface area contributed by atoms with Crippen LogP contribution in [0.1, 0.15) is 21.6 Å². The van der Waals surface area contributed by atoms with Gasteiger partial charge in [0.05, 0.1) is 48.0 Å². The Morgan fingerprint density at radius 3 is 2.42 bits per heavy atom. The molecule has 152 valence electrons. The van der Waals surface area contributed by atoms with E-state index in [1.807, 2.05) is 0 Å². The first kappa shape index (κ1) is 20.5. The van der Waals surface area contributed by atoms with Gasteiger partial charge >= 0.3 is 0 Å². The van der Waals surface area contributed by atoms with Gasteiger partial charge < -0.3 is 4.90 Å². The van der Waals surface area contributed by atoms with Crippen molar-refractivity contribution in [1.82, 2.24) is 25.2 Å². The summed E-state index contributed by atoms with van der Waals surface area (Å²) in [5.41, 5.74) is 2.62. The molecule has 0 saturated heterocycles. The first-order chi connectivity index (χ1) is 15.0. The predicted octanol–water partition coefficient (Wildman–Crippen LogP) is 4.08. The van der Waals surface area contributed by atoms with Gasteiger partial charge in [0, 0.05) is 15.7 Å². The number of nitriles is 1. The molecule has 1 amide bonds.